The van der Waals surface area contributed by atoms with E-state index in [1.54, 1.807) is 0 Å². The lowest BCUT2D eigenvalue weighted by Gasteiger charge is -2.30. The molecule has 0 aliphatic heterocycles. The maximum atomic E-state index is 3.62. The molecule has 0 bridgehead atoms. The zero-order valence-electron chi connectivity index (χ0n) is 11.5. The van der Waals surface area contributed by atoms with Crippen molar-refractivity contribution in [1.29, 1.82) is 0 Å². The summed E-state index contributed by atoms with van der Waals surface area (Å²) in [5.41, 5.74) is 0.527. The fourth-order valence-corrected chi connectivity index (χ4v) is 2.17. The van der Waals surface area contributed by atoms with E-state index < -0.39 is 0 Å². The van der Waals surface area contributed by atoms with Gasteiger partial charge in [0, 0.05) is 6.54 Å². The van der Waals surface area contributed by atoms with Crippen LogP contribution in [0.15, 0.2) is 0 Å². The standard InChI is InChI=1S/C14H31N/c1-6-8-10-14(5,9-7-2)12-15-11-13(3)4/h13,15H,6-12H2,1-5H3. The second-order valence-corrected chi connectivity index (χ2v) is 5.69. The fraction of sp³-hybridized carbons (Fsp3) is 1.00. The Morgan fingerprint density at radius 3 is 2.20 bits per heavy atom. The van der Waals surface area contributed by atoms with Gasteiger partial charge in [0.25, 0.3) is 0 Å². The van der Waals surface area contributed by atoms with Crippen molar-refractivity contribution in [2.75, 3.05) is 13.1 Å². The Morgan fingerprint density at radius 1 is 1.07 bits per heavy atom. The lowest BCUT2D eigenvalue weighted by Crippen LogP contribution is -2.33. The van der Waals surface area contributed by atoms with Crippen molar-refractivity contribution in [2.24, 2.45) is 11.3 Å². The Kier molecular flexibility index (Phi) is 8.13. The molecule has 92 valence electrons. The molecule has 1 atom stereocenters. The zero-order chi connectivity index (χ0) is 11.7. The molecule has 0 saturated heterocycles. The molecule has 0 fully saturated rings. The van der Waals surface area contributed by atoms with Crippen molar-refractivity contribution in [3.63, 3.8) is 0 Å². The van der Waals surface area contributed by atoms with E-state index in [0.717, 1.165) is 12.5 Å². The third-order valence-electron chi connectivity index (χ3n) is 3.09. The highest BCUT2D eigenvalue weighted by Gasteiger charge is 2.21. The van der Waals surface area contributed by atoms with E-state index in [4.69, 9.17) is 0 Å². The number of nitrogens with one attached hydrogen (secondary N) is 1. The van der Waals surface area contributed by atoms with Crippen molar-refractivity contribution in [3.8, 4) is 0 Å². The molecule has 1 N–H and O–H groups in total. The fourth-order valence-electron chi connectivity index (χ4n) is 2.17. The van der Waals surface area contributed by atoms with E-state index in [2.05, 4.69) is 39.9 Å². The Morgan fingerprint density at radius 2 is 1.73 bits per heavy atom. The second kappa shape index (κ2) is 8.15. The molecule has 0 aliphatic carbocycles. The van der Waals surface area contributed by atoms with Crippen molar-refractivity contribution < 1.29 is 0 Å². The van der Waals surface area contributed by atoms with Gasteiger partial charge in [0.15, 0.2) is 0 Å². The topological polar surface area (TPSA) is 12.0 Å². The highest BCUT2D eigenvalue weighted by Crippen LogP contribution is 2.28. The predicted octanol–water partition coefficient (Wildman–Crippen LogP) is 4.23. The molecule has 0 saturated carbocycles. The Hall–Kier alpha value is -0.0400. The predicted molar refractivity (Wildman–Crippen MR) is 70.2 cm³/mol. The summed E-state index contributed by atoms with van der Waals surface area (Å²) in [4.78, 5) is 0. The third-order valence-corrected chi connectivity index (χ3v) is 3.09. The van der Waals surface area contributed by atoms with Crippen LogP contribution >= 0.6 is 0 Å². The van der Waals surface area contributed by atoms with Gasteiger partial charge in [-0.2, -0.15) is 0 Å². The Balaban J connectivity index is 3.89. The van der Waals surface area contributed by atoms with E-state index >= 15 is 0 Å². The largest absolute Gasteiger partial charge is 0.316 e. The molecule has 0 heterocycles. The summed E-state index contributed by atoms with van der Waals surface area (Å²) in [6, 6.07) is 0. The molecule has 1 heteroatoms. The first-order valence-corrected chi connectivity index (χ1v) is 6.74. The van der Waals surface area contributed by atoms with Crippen LogP contribution in [0.5, 0.6) is 0 Å². The minimum absolute atomic E-state index is 0.527. The normalized spacial score (nSPS) is 15.6. The van der Waals surface area contributed by atoms with Crippen molar-refractivity contribution in [1.82, 2.24) is 5.32 Å². The van der Waals surface area contributed by atoms with Crippen LogP contribution in [0, 0.1) is 11.3 Å². The van der Waals surface area contributed by atoms with Crippen molar-refractivity contribution in [2.45, 2.75) is 66.7 Å². The summed E-state index contributed by atoms with van der Waals surface area (Å²) >= 11 is 0. The molecule has 0 spiro atoms. The first kappa shape index (κ1) is 15.0. The molecule has 0 radical (unpaired) electrons. The molecule has 1 unspecified atom stereocenters. The van der Waals surface area contributed by atoms with Gasteiger partial charge in [-0.1, -0.05) is 53.9 Å². The van der Waals surface area contributed by atoms with E-state index in [9.17, 15) is 0 Å². The second-order valence-electron chi connectivity index (χ2n) is 5.69. The first-order chi connectivity index (χ1) is 7.04. The summed E-state index contributed by atoms with van der Waals surface area (Å²) < 4.78 is 0. The highest BCUT2D eigenvalue weighted by molar-refractivity contribution is 4.76. The van der Waals surface area contributed by atoms with Gasteiger partial charge in [0.1, 0.15) is 0 Å². The lowest BCUT2D eigenvalue weighted by molar-refractivity contribution is 0.245. The van der Waals surface area contributed by atoms with Gasteiger partial charge in [-0.05, 0) is 30.7 Å². The summed E-state index contributed by atoms with van der Waals surface area (Å²) in [5.74, 6) is 0.766. The average molecular weight is 213 g/mol. The minimum Gasteiger partial charge on any atom is -0.316 e. The summed E-state index contributed by atoms with van der Waals surface area (Å²) in [5, 5.41) is 3.62. The highest BCUT2D eigenvalue weighted by atomic mass is 14.9. The van der Waals surface area contributed by atoms with Gasteiger partial charge in [-0.3, -0.25) is 0 Å². The molecular weight excluding hydrogens is 182 g/mol. The van der Waals surface area contributed by atoms with Crippen molar-refractivity contribution in [3.05, 3.63) is 0 Å². The van der Waals surface area contributed by atoms with E-state index in [0.29, 0.717) is 5.41 Å². The maximum absolute atomic E-state index is 3.62. The van der Waals surface area contributed by atoms with Crippen LogP contribution in [-0.4, -0.2) is 13.1 Å². The van der Waals surface area contributed by atoms with Crippen LogP contribution in [0.25, 0.3) is 0 Å². The molecule has 1 nitrogen and oxygen atoms in total. The van der Waals surface area contributed by atoms with Gasteiger partial charge in [0.2, 0.25) is 0 Å². The van der Waals surface area contributed by atoms with Crippen LogP contribution < -0.4 is 5.32 Å². The quantitative estimate of drug-likeness (QED) is 0.604. The van der Waals surface area contributed by atoms with Gasteiger partial charge in [0.05, 0.1) is 0 Å². The monoisotopic (exact) mass is 213 g/mol. The molecular formula is C14H31N. The van der Waals surface area contributed by atoms with Crippen LogP contribution in [-0.2, 0) is 0 Å². The Labute approximate surface area is 97.0 Å². The molecule has 15 heavy (non-hydrogen) atoms. The molecule has 0 aromatic carbocycles. The molecule has 0 rings (SSSR count). The number of hydrogen-bond donors (Lipinski definition) is 1. The van der Waals surface area contributed by atoms with Crippen molar-refractivity contribution >= 4 is 0 Å². The molecule has 0 aliphatic rings. The average Bonchev–Trinajstić information content (AvgIpc) is 2.15. The number of unbranched alkanes of at least 4 members (excludes halogenated alkanes) is 1. The summed E-state index contributed by atoms with van der Waals surface area (Å²) in [6.45, 7) is 13.9. The molecule has 0 aromatic heterocycles. The van der Waals surface area contributed by atoms with Crippen LogP contribution in [0.3, 0.4) is 0 Å². The van der Waals surface area contributed by atoms with Crippen LogP contribution in [0.2, 0.25) is 0 Å². The first-order valence-electron chi connectivity index (χ1n) is 6.74. The smallest absolute Gasteiger partial charge is 0.000527 e. The molecule has 0 aromatic rings. The minimum atomic E-state index is 0.527. The maximum Gasteiger partial charge on any atom is 0.000527 e. The van der Waals surface area contributed by atoms with Gasteiger partial charge in [-0.25, -0.2) is 0 Å². The van der Waals surface area contributed by atoms with Gasteiger partial charge >= 0.3 is 0 Å². The van der Waals surface area contributed by atoms with Crippen LogP contribution in [0.4, 0.5) is 0 Å². The summed E-state index contributed by atoms with van der Waals surface area (Å²) in [7, 11) is 0. The third kappa shape index (κ3) is 7.84. The number of rotatable bonds is 9. The van der Waals surface area contributed by atoms with E-state index in [1.807, 2.05) is 0 Å². The van der Waals surface area contributed by atoms with E-state index in [1.165, 1.54) is 38.6 Å². The van der Waals surface area contributed by atoms with Crippen LogP contribution in [0.1, 0.15) is 66.7 Å². The Bertz CT molecular complexity index is 142. The molecule has 0 amide bonds. The zero-order valence-corrected chi connectivity index (χ0v) is 11.5. The van der Waals surface area contributed by atoms with Gasteiger partial charge < -0.3 is 5.32 Å². The lowest BCUT2D eigenvalue weighted by atomic mass is 9.80. The van der Waals surface area contributed by atoms with Gasteiger partial charge in [-0.15, -0.1) is 0 Å². The summed E-state index contributed by atoms with van der Waals surface area (Å²) in [6.07, 6.45) is 6.74. The SMILES string of the molecule is CCCCC(C)(CCC)CNCC(C)C. The van der Waals surface area contributed by atoms with E-state index in [-0.39, 0.29) is 0 Å². The number of hydrogen-bond acceptors (Lipinski definition) is 1.